The van der Waals surface area contributed by atoms with E-state index in [2.05, 4.69) is 15.9 Å². The Labute approximate surface area is 124 Å². The van der Waals surface area contributed by atoms with Crippen molar-refractivity contribution < 1.29 is 12.8 Å². The highest BCUT2D eigenvalue weighted by molar-refractivity contribution is 9.10. The standard InChI is InChI=1S/C14H9BrFNO2S/c15-12-2-1-3-13(7-12)20(18,19)9-10-4-5-14(16)11(6-10)8-17/h1-7H,9H2. The van der Waals surface area contributed by atoms with Crippen LogP contribution in [-0.4, -0.2) is 8.42 Å². The number of hydrogen-bond acceptors (Lipinski definition) is 3. The summed E-state index contributed by atoms with van der Waals surface area (Å²) in [5, 5.41) is 8.75. The lowest BCUT2D eigenvalue weighted by Crippen LogP contribution is -2.05. The van der Waals surface area contributed by atoms with E-state index in [1.807, 2.05) is 0 Å². The van der Waals surface area contributed by atoms with Crippen LogP contribution in [0, 0.1) is 17.1 Å². The second kappa shape index (κ2) is 5.73. The van der Waals surface area contributed by atoms with E-state index < -0.39 is 15.7 Å². The van der Waals surface area contributed by atoms with Crippen molar-refractivity contribution in [2.75, 3.05) is 0 Å². The van der Waals surface area contributed by atoms with E-state index in [9.17, 15) is 12.8 Å². The van der Waals surface area contributed by atoms with Gasteiger partial charge in [0.05, 0.1) is 16.2 Å². The van der Waals surface area contributed by atoms with E-state index in [0.29, 0.717) is 10.0 Å². The summed E-state index contributed by atoms with van der Waals surface area (Å²) >= 11 is 3.22. The van der Waals surface area contributed by atoms with Crippen LogP contribution in [0.2, 0.25) is 0 Å². The molecular formula is C14H9BrFNO2S. The number of halogens is 2. The van der Waals surface area contributed by atoms with Crippen LogP contribution in [0.25, 0.3) is 0 Å². The van der Waals surface area contributed by atoms with Crippen LogP contribution in [-0.2, 0) is 15.6 Å². The Bertz CT molecular complexity index is 797. The third-order valence-electron chi connectivity index (χ3n) is 2.66. The number of rotatable bonds is 3. The van der Waals surface area contributed by atoms with E-state index >= 15 is 0 Å². The summed E-state index contributed by atoms with van der Waals surface area (Å²) in [5.74, 6) is -0.936. The molecule has 0 N–H and O–H groups in total. The molecule has 0 heterocycles. The SMILES string of the molecule is N#Cc1cc(CS(=O)(=O)c2cccc(Br)c2)ccc1F. The van der Waals surface area contributed by atoms with Gasteiger partial charge in [-0.25, -0.2) is 12.8 Å². The average Bonchev–Trinajstić information content (AvgIpc) is 2.40. The normalized spacial score (nSPS) is 11.1. The molecule has 102 valence electrons. The molecule has 6 heteroatoms. The fourth-order valence-corrected chi connectivity index (χ4v) is 3.64. The molecule has 0 unspecified atom stereocenters. The minimum Gasteiger partial charge on any atom is -0.223 e. The predicted octanol–water partition coefficient (Wildman–Crippen LogP) is 3.43. The lowest BCUT2D eigenvalue weighted by atomic mass is 10.1. The molecule has 20 heavy (non-hydrogen) atoms. The van der Waals surface area contributed by atoms with Gasteiger partial charge in [0.1, 0.15) is 11.9 Å². The zero-order chi connectivity index (χ0) is 14.8. The maximum Gasteiger partial charge on any atom is 0.182 e. The van der Waals surface area contributed by atoms with Crippen LogP contribution >= 0.6 is 15.9 Å². The minimum atomic E-state index is -3.54. The molecule has 0 spiro atoms. The fourth-order valence-electron chi connectivity index (χ4n) is 1.71. The zero-order valence-electron chi connectivity index (χ0n) is 10.2. The van der Waals surface area contributed by atoms with Gasteiger partial charge in [-0.1, -0.05) is 28.1 Å². The fraction of sp³-hybridized carbons (Fsp3) is 0.0714. The molecule has 0 amide bonds. The number of benzene rings is 2. The van der Waals surface area contributed by atoms with Crippen LogP contribution in [0.5, 0.6) is 0 Å². The van der Waals surface area contributed by atoms with E-state index in [4.69, 9.17) is 5.26 Å². The highest BCUT2D eigenvalue weighted by Gasteiger charge is 2.16. The summed E-state index contributed by atoms with van der Waals surface area (Å²) in [4.78, 5) is 0.176. The zero-order valence-corrected chi connectivity index (χ0v) is 12.6. The topological polar surface area (TPSA) is 57.9 Å². The number of nitriles is 1. The first-order valence-electron chi connectivity index (χ1n) is 5.59. The Hall–Kier alpha value is -1.71. The van der Waals surface area contributed by atoms with Crippen molar-refractivity contribution in [1.29, 1.82) is 5.26 Å². The number of hydrogen-bond donors (Lipinski definition) is 0. The largest absolute Gasteiger partial charge is 0.223 e. The highest BCUT2D eigenvalue weighted by Crippen LogP contribution is 2.21. The Balaban J connectivity index is 2.36. The molecule has 0 radical (unpaired) electrons. The molecule has 2 aromatic carbocycles. The van der Waals surface area contributed by atoms with Gasteiger partial charge in [0, 0.05) is 4.47 Å². The lowest BCUT2D eigenvalue weighted by Gasteiger charge is -2.06. The van der Waals surface area contributed by atoms with Crippen LogP contribution in [0.1, 0.15) is 11.1 Å². The third kappa shape index (κ3) is 3.24. The van der Waals surface area contributed by atoms with Gasteiger partial charge in [0.15, 0.2) is 9.84 Å². The Morgan fingerprint density at radius 1 is 1.20 bits per heavy atom. The van der Waals surface area contributed by atoms with Gasteiger partial charge in [-0.3, -0.25) is 0 Å². The van der Waals surface area contributed by atoms with Crippen molar-refractivity contribution in [3.63, 3.8) is 0 Å². The van der Waals surface area contributed by atoms with E-state index in [1.165, 1.54) is 24.3 Å². The van der Waals surface area contributed by atoms with E-state index in [-0.39, 0.29) is 16.2 Å². The summed E-state index contributed by atoms with van der Waals surface area (Å²) in [5.41, 5.74) is 0.217. The summed E-state index contributed by atoms with van der Waals surface area (Å²) in [6.45, 7) is 0. The Kier molecular flexibility index (Phi) is 4.21. The van der Waals surface area contributed by atoms with Crippen LogP contribution in [0.15, 0.2) is 51.8 Å². The smallest absolute Gasteiger partial charge is 0.182 e. The summed E-state index contributed by atoms with van der Waals surface area (Å²) in [7, 11) is -3.54. The first-order chi connectivity index (χ1) is 9.42. The summed E-state index contributed by atoms with van der Waals surface area (Å²) < 4.78 is 38.3. The van der Waals surface area contributed by atoms with Crippen LogP contribution in [0.3, 0.4) is 0 Å². The second-order valence-electron chi connectivity index (χ2n) is 4.14. The van der Waals surface area contributed by atoms with Crippen LogP contribution in [0.4, 0.5) is 4.39 Å². The van der Waals surface area contributed by atoms with Gasteiger partial charge in [0.25, 0.3) is 0 Å². The Morgan fingerprint density at radius 2 is 1.95 bits per heavy atom. The summed E-state index contributed by atoms with van der Waals surface area (Å²) in [6, 6.07) is 11.8. The van der Waals surface area contributed by atoms with Crippen molar-refractivity contribution in [3.8, 4) is 6.07 Å². The molecule has 0 aliphatic heterocycles. The maximum atomic E-state index is 13.2. The molecule has 0 saturated heterocycles. The number of sulfone groups is 1. The van der Waals surface area contributed by atoms with E-state index in [1.54, 1.807) is 18.2 Å². The minimum absolute atomic E-state index is 0.160. The molecule has 0 bridgehead atoms. The van der Waals surface area contributed by atoms with Gasteiger partial charge in [0.2, 0.25) is 0 Å². The highest BCUT2D eigenvalue weighted by atomic mass is 79.9. The number of nitrogens with zero attached hydrogens (tertiary/aromatic N) is 1. The van der Waals surface area contributed by atoms with Crippen LogP contribution < -0.4 is 0 Å². The van der Waals surface area contributed by atoms with Gasteiger partial charge in [-0.2, -0.15) is 5.26 Å². The Morgan fingerprint density at radius 3 is 2.60 bits per heavy atom. The van der Waals surface area contributed by atoms with Crippen molar-refractivity contribution >= 4 is 25.8 Å². The lowest BCUT2D eigenvalue weighted by molar-refractivity contribution is 0.594. The predicted molar refractivity (Wildman–Crippen MR) is 76.1 cm³/mol. The quantitative estimate of drug-likeness (QED) is 0.849. The molecule has 2 aromatic rings. The molecular weight excluding hydrogens is 345 g/mol. The molecule has 2 rings (SSSR count). The van der Waals surface area contributed by atoms with Crippen molar-refractivity contribution in [2.24, 2.45) is 0 Å². The molecule has 3 nitrogen and oxygen atoms in total. The van der Waals surface area contributed by atoms with Gasteiger partial charge in [-0.15, -0.1) is 0 Å². The maximum absolute atomic E-state index is 13.2. The first-order valence-corrected chi connectivity index (χ1v) is 8.04. The molecule has 0 aliphatic carbocycles. The summed E-state index contributed by atoms with van der Waals surface area (Å²) in [6.07, 6.45) is 0. The van der Waals surface area contributed by atoms with Gasteiger partial charge >= 0.3 is 0 Å². The van der Waals surface area contributed by atoms with E-state index in [0.717, 1.165) is 6.07 Å². The third-order valence-corrected chi connectivity index (χ3v) is 4.84. The molecule has 0 saturated carbocycles. The molecule has 0 aliphatic rings. The van der Waals surface area contributed by atoms with Gasteiger partial charge < -0.3 is 0 Å². The molecule has 0 aromatic heterocycles. The van der Waals surface area contributed by atoms with Crippen molar-refractivity contribution in [1.82, 2.24) is 0 Å². The average molecular weight is 354 g/mol. The molecule has 0 atom stereocenters. The van der Waals surface area contributed by atoms with Crippen molar-refractivity contribution in [2.45, 2.75) is 10.6 Å². The van der Waals surface area contributed by atoms with Crippen molar-refractivity contribution in [3.05, 3.63) is 63.9 Å². The monoisotopic (exact) mass is 353 g/mol. The molecule has 0 fully saturated rings. The van der Waals surface area contributed by atoms with Gasteiger partial charge in [-0.05, 0) is 35.9 Å². The first kappa shape index (κ1) is 14.7. The second-order valence-corrected chi connectivity index (χ2v) is 7.05.